The molecule has 1 aliphatic heterocycles. The number of amides is 2. The van der Waals surface area contributed by atoms with Crippen LogP contribution in [-0.4, -0.2) is 36.8 Å². The molecule has 0 fully saturated rings. The van der Waals surface area contributed by atoms with Gasteiger partial charge in [-0.3, -0.25) is 14.4 Å². The molecular formula is C27H29N3O5S. The molecule has 8 nitrogen and oxygen atoms in total. The smallest absolute Gasteiger partial charge is 0.319 e. The number of benzene rings is 2. The van der Waals surface area contributed by atoms with Crippen LogP contribution in [0.4, 0.5) is 5.69 Å². The largest absolute Gasteiger partial charge is 0.494 e. The molecule has 2 N–H and O–H groups in total. The molecule has 9 heteroatoms. The number of ether oxygens (including phenoxy) is 2. The minimum absolute atomic E-state index is 0.0389. The highest BCUT2D eigenvalue weighted by atomic mass is 32.2. The number of carbonyl (C=O) groups is 3. The maximum absolute atomic E-state index is 13.1. The molecule has 0 radical (unpaired) electrons. The number of rotatable bonds is 10. The fourth-order valence-electron chi connectivity index (χ4n) is 4.06. The lowest BCUT2D eigenvalue weighted by atomic mass is 9.78. The number of nitrogens with one attached hydrogen (secondary N) is 2. The lowest BCUT2D eigenvalue weighted by Gasteiger charge is -2.32. The standard InChI is InChI=1S/C27H29N3O5S/c1-4-17-11-7-9-13-20(17)29-22(31)16-36-26-19(15-28)23(18-12-8-10-14-21(18)34-5-2)24(25(32)30-26)27(33)35-6-3/h7-14,23-24H,4-6,16H2,1-3H3,(H,29,31)(H,30,32)/t23-,24-/m0/s1. The first-order valence-electron chi connectivity index (χ1n) is 11.8. The Hall–Kier alpha value is -3.77. The molecule has 1 aliphatic rings. The van der Waals surface area contributed by atoms with Gasteiger partial charge in [-0.25, -0.2) is 0 Å². The molecule has 0 aliphatic carbocycles. The second-order valence-electron chi connectivity index (χ2n) is 7.87. The van der Waals surface area contributed by atoms with Crippen LogP contribution in [0.2, 0.25) is 0 Å². The Balaban J connectivity index is 1.95. The Bertz CT molecular complexity index is 1200. The van der Waals surface area contributed by atoms with Crippen molar-refractivity contribution in [1.82, 2.24) is 5.32 Å². The molecule has 0 saturated heterocycles. The number of esters is 1. The van der Waals surface area contributed by atoms with Gasteiger partial charge in [0.15, 0.2) is 0 Å². The molecule has 0 saturated carbocycles. The second-order valence-corrected chi connectivity index (χ2v) is 8.86. The van der Waals surface area contributed by atoms with Gasteiger partial charge in [0.2, 0.25) is 11.8 Å². The normalized spacial score (nSPS) is 17.1. The Morgan fingerprint density at radius 3 is 2.50 bits per heavy atom. The van der Waals surface area contributed by atoms with Crippen LogP contribution in [0.15, 0.2) is 59.1 Å². The van der Waals surface area contributed by atoms with Crippen molar-refractivity contribution < 1.29 is 23.9 Å². The first kappa shape index (κ1) is 26.8. The molecule has 2 amide bonds. The number of allylic oxidation sites excluding steroid dienone is 1. The van der Waals surface area contributed by atoms with Crippen LogP contribution in [0, 0.1) is 17.2 Å². The SMILES string of the molecule is CCOC(=O)[C@@H]1C(=O)NC(SCC(=O)Nc2ccccc2CC)=C(C#N)[C@@H]1c1ccccc1OCC. The summed E-state index contributed by atoms with van der Waals surface area (Å²) in [5.74, 6) is -3.35. The van der Waals surface area contributed by atoms with Crippen molar-refractivity contribution in [3.8, 4) is 11.8 Å². The number of aryl methyl sites for hydroxylation is 1. The number of hydrogen-bond donors (Lipinski definition) is 2. The van der Waals surface area contributed by atoms with Crippen molar-refractivity contribution in [2.75, 3.05) is 24.3 Å². The summed E-state index contributed by atoms with van der Waals surface area (Å²) >= 11 is 1.04. The van der Waals surface area contributed by atoms with E-state index < -0.39 is 23.7 Å². The van der Waals surface area contributed by atoms with Gasteiger partial charge in [0.05, 0.1) is 35.6 Å². The number of para-hydroxylation sites is 2. The average Bonchev–Trinajstić information content (AvgIpc) is 2.88. The molecule has 1 heterocycles. The summed E-state index contributed by atoms with van der Waals surface area (Å²) in [6, 6.07) is 16.7. The molecule has 3 rings (SSSR count). The zero-order valence-corrected chi connectivity index (χ0v) is 21.3. The third-order valence-electron chi connectivity index (χ3n) is 5.64. The van der Waals surface area contributed by atoms with Gasteiger partial charge in [-0.15, -0.1) is 0 Å². The van der Waals surface area contributed by atoms with Gasteiger partial charge in [0.1, 0.15) is 11.7 Å². The van der Waals surface area contributed by atoms with Crippen LogP contribution in [0.1, 0.15) is 37.8 Å². The van der Waals surface area contributed by atoms with E-state index in [1.54, 1.807) is 31.2 Å². The summed E-state index contributed by atoms with van der Waals surface area (Å²) in [4.78, 5) is 38.7. The van der Waals surface area contributed by atoms with Crippen LogP contribution < -0.4 is 15.4 Å². The van der Waals surface area contributed by atoms with E-state index >= 15 is 0 Å². The Labute approximate surface area is 215 Å². The quantitative estimate of drug-likeness (QED) is 0.366. The first-order chi connectivity index (χ1) is 17.4. The number of nitrogens with zero attached hydrogens (tertiary/aromatic N) is 1. The molecule has 188 valence electrons. The number of thioether (sulfide) groups is 1. The van der Waals surface area contributed by atoms with E-state index in [0.29, 0.717) is 17.9 Å². The fourth-order valence-corrected chi connectivity index (χ4v) is 4.91. The Kier molecular flexibility index (Phi) is 9.53. The Morgan fingerprint density at radius 2 is 1.81 bits per heavy atom. The summed E-state index contributed by atoms with van der Waals surface area (Å²) in [5, 5.41) is 15.9. The highest BCUT2D eigenvalue weighted by Crippen LogP contribution is 2.43. The van der Waals surface area contributed by atoms with Crippen LogP contribution in [0.3, 0.4) is 0 Å². The molecule has 2 aromatic carbocycles. The minimum atomic E-state index is -1.27. The van der Waals surface area contributed by atoms with Gasteiger partial charge in [-0.05, 0) is 38.0 Å². The molecular weight excluding hydrogens is 478 g/mol. The molecule has 0 aromatic heterocycles. The van der Waals surface area contributed by atoms with Crippen molar-refractivity contribution >= 4 is 35.2 Å². The summed E-state index contributed by atoms with van der Waals surface area (Å²) in [6.45, 7) is 5.94. The van der Waals surface area contributed by atoms with E-state index in [9.17, 15) is 19.6 Å². The van der Waals surface area contributed by atoms with Crippen LogP contribution in [-0.2, 0) is 25.5 Å². The first-order valence-corrected chi connectivity index (χ1v) is 12.8. The third-order valence-corrected chi connectivity index (χ3v) is 6.66. The Morgan fingerprint density at radius 1 is 1.08 bits per heavy atom. The van der Waals surface area contributed by atoms with E-state index in [1.165, 1.54) is 0 Å². The summed E-state index contributed by atoms with van der Waals surface area (Å²) in [5.41, 5.74) is 2.43. The van der Waals surface area contributed by atoms with Crippen LogP contribution in [0.25, 0.3) is 0 Å². The fraction of sp³-hybridized carbons (Fsp3) is 0.333. The number of hydrogen-bond acceptors (Lipinski definition) is 7. The predicted molar refractivity (Wildman–Crippen MR) is 138 cm³/mol. The van der Waals surface area contributed by atoms with Gasteiger partial charge >= 0.3 is 5.97 Å². The second kappa shape index (κ2) is 12.8. The zero-order chi connectivity index (χ0) is 26.1. The topological polar surface area (TPSA) is 118 Å². The number of nitriles is 1. The molecule has 0 bridgehead atoms. The number of carbonyl (C=O) groups excluding carboxylic acids is 3. The minimum Gasteiger partial charge on any atom is -0.494 e. The van der Waals surface area contributed by atoms with Gasteiger partial charge in [-0.2, -0.15) is 5.26 Å². The highest BCUT2D eigenvalue weighted by Gasteiger charge is 2.45. The molecule has 36 heavy (non-hydrogen) atoms. The highest BCUT2D eigenvalue weighted by molar-refractivity contribution is 8.03. The van der Waals surface area contributed by atoms with Crippen molar-refractivity contribution in [2.24, 2.45) is 5.92 Å². The lowest BCUT2D eigenvalue weighted by Crippen LogP contribution is -2.44. The summed E-state index contributed by atoms with van der Waals surface area (Å²) in [7, 11) is 0. The lowest BCUT2D eigenvalue weighted by molar-refractivity contribution is -0.152. The van der Waals surface area contributed by atoms with Crippen molar-refractivity contribution in [3.05, 3.63) is 70.3 Å². The summed E-state index contributed by atoms with van der Waals surface area (Å²) < 4.78 is 10.9. The number of anilines is 1. The van der Waals surface area contributed by atoms with E-state index in [1.807, 2.05) is 38.1 Å². The molecule has 2 aromatic rings. The van der Waals surface area contributed by atoms with Gasteiger partial charge < -0.3 is 20.1 Å². The van der Waals surface area contributed by atoms with Crippen LogP contribution >= 0.6 is 11.8 Å². The predicted octanol–water partition coefficient (Wildman–Crippen LogP) is 4.15. The molecule has 0 unspecified atom stereocenters. The van der Waals surface area contributed by atoms with E-state index in [2.05, 4.69) is 16.7 Å². The zero-order valence-electron chi connectivity index (χ0n) is 20.5. The van der Waals surface area contributed by atoms with Crippen molar-refractivity contribution in [1.29, 1.82) is 5.26 Å². The van der Waals surface area contributed by atoms with Crippen molar-refractivity contribution in [3.63, 3.8) is 0 Å². The van der Waals surface area contributed by atoms with Gasteiger partial charge in [0.25, 0.3) is 0 Å². The van der Waals surface area contributed by atoms with E-state index in [4.69, 9.17) is 9.47 Å². The van der Waals surface area contributed by atoms with Gasteiger partial charge in [0, 0.05) is 17.2 Å². The van der Waals surface area contributed by atoms with Gasteiger partial charge in [-0.1, -0.05) is 55.1 Å². The third kappa shape index (κ3) is 6.07. The van der Waals surface area contributed by atoms with E-state index in [0.717, 1.165) is 29.4 Å². The average molecular weight is 508 g/mol. The van der Waals surface area contributed by atoms with Crippen molar-refractivity contribution in [2.45, 2.75) is 33.1 Å². The maximum atomic E-state index is 13.1. The monoisotopic (exact) mass is 507 g/mol. The van der Waals surface area contributed by atoms with E-state index in [-0.39, 0.29) is 28.9 Å². The molecule has 0 spiro atoms. The molecule has 2 atom stereocenters. The maximum Gasteiger partial charge on any atom is 0.319 e. The summed E-state index contributed by atoms with van der Waals surface area (Å²) in [6.07, 6.45) is 0.763. The van der Waals surface area contributed by atoms with Crippen LogP contribution in [0.5, 0.6) is 5.75 Å².